The lowest BCUT2D eigenvalue weighted by atomic mass is 9.99. The van der Waals surface area contributed by atoms with Crippen molar-refractivity contribution in [2.45, 2.75) is 32.0 Å². The number of methoxy groups -OCH3 is 1. The number of carbonyl (C=O) groups is 1. The Kier molecular flexibility index (Phi) is 9.83. The minimum atomic E-state index is -0.496. The van der Waals surface area contributed by atoms with Crippen molar-refractivity contribution in [1.82, 2.24) is 4.90 Å². The summed E-state index contributed by atoms with van der Waals surface area (Å²) >= 11 is 11.6. The fourth-order valence-corrected chi connectivity index (χ4v) is 4.55. The number of hydrogen-bond acceptors (Lipinski definition) is 3. The van der Waals surface area contributed by atoms with Crippen LogP contribution in [0, 0.1) is 6.92 Å². The first-order valence-corrected chi connectivity index (χ1v) is 13.2. The molecule has 5 rings (SSSR count). The van der Waals surface area contributed by atoms with Crippen LogP contribution in [0.5, 0.6) is 5.75 Å². The van der Waals surface area contributed by atoms with Gasteiger partial charge in [0.1, 0.15) is 11.9 Å². The number of hydrogen-bond donors (Lipinski definition) is 0. The molecule has 1 saturated heterocycles. The molecule has 0 saturated carbocycles. The first kappa shape index (κ1) is 27.7. The summed E-state index contributed by atoms with van der Waals surface area (Å²) in [4.78, 5) is 15.4. The molecular formula is C32H31Cl2NO3. The fourth-order valence-electron chi connectivity index (χ4n) is 4.28. The van der Waals surface area contributed by atoms with E-state index >= 15 is 0 Å². The number of ether oxygens (including phenoxy) is 2. The van der Waals surface area contributed by atoms with Crippen LogP contribution in [0.25, 0.3) is 0 Å². The van der Waals surface area contributed by atoms with Gasteiger partial charge in [-0.25, -0.2) is 0 Å². The van der Waals surface area contributed by atoms with Gasteiger partial charge in [-0.2, -0.15) is 0 Å². The van der Waals surface area contributed by atoms with Crippen LogP contribution >= 0.6 is 23.2 Å². The van der Waals surface area contributed by atoms with E-state index in [0.717, 1.165) is 27.5 Å². The first-order chi connectivity index (χ1) is 18.4. The zero-order valence-corrected chi connectivity index (χ0v) is 23.0. The van der Waals surface area contributed by atoms with Crippen LogP contribution < -0.4 is 4.74 Å². The molecule has 0 radical (unpaired) electrons. The van der Waals surface area contributed by atoms with E-state index in [9.17, 15) is 4.79 Å². The van der Waals surface area contributed by atoms with Crippen molar-refractivity contribution in [2.24, 2.45) is 0 Å². The molecule has 1 unspecified atom stereocenters. The second kappa shape index (κ2) is 13.5. The van der Waals surface area contributed by atoms with Gasteiger partial charge in [0.05, 0.1) is 19.8 Å². The zero-order valence-electron chi connectivity index (χ0n) is 21.5. The molecule has 6 heteroatoms. The van der Waals surface area contributed by atoms with Gasteiger partial charge in [-0.3, -0.25) is 4.79 Å². The summed E-state index contributed by atoms with van der Waals surface area (Å²) in [5, 5.41) is 1.47. The summed E-state index contributed by atoms with van der Waals surface area (Å²) in [7, 11) is 1.65. The maximum Gasteiger partial charge on any atom is 0.252 e. The van der Waals surface area contributed by atoms with Gasteiger partial charge in [-0.1, -0.05) is 95.5 Å². The minimum absolute atomic E-state index is 0.00240. The Morgan fingerprint density at radius 3 is 2.00 bits per heavy atom. The Bertz CT molecular complexity index is 1290. The van der Waals surface area contributed by atoms with E-state index in [1.807, 2.05) is 83.8 Å². The van der Waals surface area contributed by atoms with E-state index in [4.69, 9.17) is 32.7 Å². The maximum absolute atomic E-state index is 13.5. The zero-order chi connectivity index (χ0) is 26.9. The Morgan fingerprint density at radius 1 is 0.816 bits per heavy atom. The topological polar surface area (TPSA) is 38.8 Å². The van der Waals surface area contributed by atoms with E-state index in [-0.39, 0.29) is 11.9 Å². The van der Waals surface area contributed by atoms with Crippen molar-refractivity contribution < 1.29 is 14.3 Å². The third-order valence-electron chi connectivity index (χ3n) is 6.43. The smallest absolute Gasteiger partial charge is 0.252 e. The summed E-state index contributed by atoms with van der Waals surface area (Å²) in [5.41, 5.74) is 4.35. The minimum Gasteiger partial charge on any atom is -0.497 e. The highest BCUT2D eigenvalue weighted by Gasteiger charge is 2.37. The van der Waals surface area contributed by atoms with Gasteiger partial charge in [0.2, 0.25) is 0 Å². The van der Waals surface area contributed by atoms with Crippen molar-refractivity contribution in [1.29, 1.82) is 0 Å². The molecule has 1 aliphatic heterocycles. The molecule has 0 aliphatic carbocycles. The molecule has 0 N–H and O–H groups in total. The van der Waals surface area contributed by atoms with Crippen molar-refractivity contribution in [3.8, 4) is 5.75 Å². The molecule has 196 valence electrons. The SMILES string of the molecule is COc1ccc(CN2C(=O)C(Cc3ccc(C)cc3)OC[C@@H]2c2ccc(Cl)cc2)cc1.Clc1ccccc1. The molecule has 1 heterocycles. The number of morpholine rings is 1. The molecule has 0 bridgehead atoms. The number of rotatable bonds is 6. The van der Waals surface area contributed by atoms with Gasteiger partial charge in [-0.15, -0.1) is 0 Å². The summed E-state index contributed by atoms with van der Waals surface area (Å²) in [5.74, 6) is 0.797. The largest absolute Gasteiger partial charge is 0.497 e. The number of carbonyl (C=O) groups excluding carboxylic acids is 1. The Balaban J connectivity index is 0.000000417. The monoisotopic (exact) mass is 547 g/mol. The van der Waals surface area contributed by atoms with Crippen LogP contribution in [0.4, 0.5) is 0 Å². The van der Waals surface area contributed by atoms with Crippen molar-refractivity contribution in [3.63, 3.8) is 0 Å². The van der Waals surface area contributed by atoms with Crippen LogP contribution in [-0.4, -0.2) is 30.6 Å². The highest BCUT2D eigenvalue weighted by atomic mass is 35.5. The van der Waals surface area contributed by atoms with Crippen LogP contribution in [0.1, 0.15) is 28.3 Å². The van der Waals surface area contributed by atoms with Gasteiger partial charge in [0.25, 0.3) is 5.91 Å². The van der Waals surface area contributed by atoms with Gasteiger partial charge in [-0.05, 0) is 60.0 Å². The van der Waals surface area contributed by atoms with Crippen LogP contribution in [0.3, 0.4) is 0 Å². The molecule has 1 fully saturated rings. The highest BCUT2D eigenvalue weighted by Crippen LogP contribution is 2.31. The number of halogens is 2. The molecule has 1 amide bonds. The van der Waals surface area contributed by atoms with Crippen molar-refractivity contribution >= 4 is 29.1 Å². The van der Waals surface area contributed by atoms with Crippen LogP contribution in [-0.2, 0) is 22.5 Å². The van der Waals surface area contributed by atoms with E-state index in [0.29, 0.717) is 24.6 Å². The maximum atomic E-state index is 13.5. The predicted molar refractivity (Wildman–Crippen MR) is 154 cm³/mol. The molecule has 1 aliphatic rings. The second-order valence-corrected chi connectivity index (χ2v) is 10.1. The molecule has 0 aromatic heterocycles. The van der Waals surface area contributed by atoms with Crippen LogP contribution in [0.2, 0.25) is 10.0 Å². The first-order valence-electron chi connectivity index (χ1n) is 12.5. The molecule has 4 aromatic carbocycles. The lowest BCUT2D eigenvalue weighted by molar-refractivity contribution is -0.161. The van der Waals surface area contributed by atoms with E-state index in [1.54, 1.807) is 7.11 Å². The summed E-state index contributed by atoms with van der Waals surface area (Å²) in [6, 6.07) is 33.0. The van der Waals surface area contributed by atoms with Crippen LogP contribution in [0.15, 0.2) is 103 Å². The molecule has 4 aromatic rings. The van der Waals surface area contributed by atoms with E-state index in [1.165, 1.54) is 5.56 Å². The Hall–Kier alpha value is -3.31. The number of nitrogens with zero attached hydrogens (tertiary/aromatic N) is 1. The van der Waals surface area contributed by atoms with Crippen molar-refractivity contribution in [3.05, 3.63) is 135 Å². The molecule has 2 atom stereocenters. The number of amides is 1. The predicted octanol–water partition coefficient (Wildman–Crippen LogP) is 7.71. The number of benzene rings is 4. The molecule has 0 spiro atoms. The molecular weight excluding hydrogens is 517 g/mol. The Labute approximate surface area is 234 Å². The molecule has 38 heavy (non-hydrogen) atoms. The summed E-state index contributed by atoms with van der Waals surface area (Å²) in [6.07, 6.45) is 0.0652. The van der Waals surface area contributed by atoms with E-state index < -0.39 is 6.10 Å². The van der Waals surface area contributed by atoms with Crippen molar-refractivity contribution in [2.75, 3.05) is 13.7 Å². The quantitative estimate of drug-likeness (QED) is 0.248. The highest BCUT2D eigenvalue weighted by molar-refractivity contribution is 6.30. The average Bonchev–Trinajstić information content (AvgIpc) is 2.94. The van der Waals surface area contributed by atoms with Gasteiger partial charge < -0.3 is 14.4 Å². The average molecular weight is 549 g/mol. The van der Waals surface area contributed by atoms with E-state index in [2.05, 4.69) is 31.2 Å². The normalized spacial score (nSPS) is 16.9. The third-order valence-corrected chi connectivity index (χ3v) is 6.94. The summed E-state index contributed by atoms with van der Waals surface area (Å²) < 4.78 is 11.3. The second-order valence-electron chi connectivity index (χ2n) is 9.19. The standard InChI is InChI=1S/C26H26ClNO3.C6H5Cl/c1-18-3-5-19(6-4-18)15-25-26(29)28(16-20-7-13-23(30-2)14-8-20)24(17-31-25)21-9-11-22(27)12-10-21;7-6-4-2-1-3-5-6/h3-14,24-25H,15-17H2,1-2H3;1-5H/t24-,25?;/m1./s1. The van der Waals surface area contributed by atoms with Gasteiger partial charge in [0.15, 0.2) is 0 Å². The summed E-state index contributed by atoms with van der Waals surface area (Å²) in [6.45, 7) is 3.00. The lowest BCUT2D eigenvalue weighted by Gasteiger charge is -2.40. The molecule has 4 nitrogen and oxygen atoms in total. The lowest BCUT2D eigenvalue weighted by Crippen LogP contribution is -2.49. The van der Waals surface area contributed by atoms with Gasteiger partial charge in [0, 0.05) is 23.0 Å². The number of aryl methyl sites for hydroxylation is 1. The fraction of sp³-hybridized carbons (Fsp3) is 0.219. The van der Waals surface area contributed by atoms with Gasteiger partial charge >= 0.3 is 0 Å². The Morgan fingerprint density at radius 2 is 1.42 bits per heavy atom. The third kappa shape index (κ3) is 7.61.